The van der Waals surface area contributed by atoms with Crippen LogP contribution in [0.15, 0.2) is 30.9 Å². The van der Waals surface area contributed by atoms with Crippen LogP contribution in [-0.4, -0.2) is 48.5 Å². The standard InChI is InChI=1S/C17H16Cl2N4O4/c1-8-13(25)11(5-24)26-17(8)23-7-22-12-15(23)20-6-21-16(12)27-14-9(18)3-2-4-10(14)19/h2-4,6-8,11,13,17,24-25H,5H2,1H3/t8-,11+,13-,17+/m0/s1. The first-order chi connectivity index (χ1) is 13.0. The zero-order valence-electron chi connectivity index (χ0n) is 14.2. The molecule has 4 atom stereocenters. The second kappa shape index (κ2) is 7.21. The van der Waals surface area contributed by atoms with Gasteiger partial charge in [-0.05, 0) is 12.1 Å². The average Bonchev–Trinajstić information content (AvgIpc) is 3.20. The Balaban J connectivity index is 1.73. The van der Waals surface area contributed by atoms with Crippen LogP contribution in [0.3, 0.4) is 0 Å². The van der Waals surface area contributed by atoms with Crippen LogP contribution >= 0.6 is 23.2 Å². The molecular weight excluding hydrogens is 395 g/mol. The molecule has 8 nitrogen and oxygen atoms in total. The first-order valence-electron chi connectivity index (χ1n) is 8.25. The summed E-state index contributed by atoms with van der Waals surface area (Å²) in [4.78, 5) is 12.7. The van der Waals surface area contributed by atoms with Crippen LogP contribution < -0.4 is 4.74 Å². The lowest BCUT2D eigenvalue weighted by Gasteiger charge is -2.17. The van der Waals surface area contributed by atoms with Crippen molar-refractivity contribution in [3.63, 3.8) is 0 Å². The molecule has 0 radical (unpaired) electrons. The number of aliphatic hydroxyl groups is 2. The number of halogens is 2. The molecule has 1 aromatic carbocycles. The predicted octanol–water partition coefficient (Wildman–Crippen LogP) is 2.81. The maximum atomic E-state index is 10.2. The van der Waals surface area contributed by atoms with Gasteiger partial charge in [-0.3, -0.25) is 4.57 Å². The molecule has 0 spiro atoms. The van der Waals surface area contributed by atoms with Crippen LogP contribution in [-0.2, 0) is 4.74 Å². The Hall–Kier alpha value is -1.97. The molecule has 10 heteroatoms. The lowest BCUT2D eigenvalue weighted by atomic mass is 10.0. The highest BCUT2D eigenvalue weighted by molar-refractivity contribution is 6.37. The van der Waals surface area contributed by atoms with E-state index < -0.39 is 18.4 Å². The zero-order valence-corrected chi connectivity index (χ0v) is 15.7. The fourth-order valence-corrected chi connectivity index (χ4v) is 3.60. The minimum absolute atomic E-state index is 0.193. The van der Waals surface area contributed by atoms with E-state index in [4.69, 9.17) is 32.7 Å². The number of nitrogens with zero attached hydrogens (tertiary/aromatic N) is 4. The van der Waals surface area contributed by atoms with Gasteiger partial charge in [-0.25, -0.2) is 9.97 Å². The summed E-state index contributed by atoms with van der Waals surface area (Å²) in [6, 6.07) is 5.03. The smallest absolute Gasteiger partial charge is 0.251 e. The number of imidazole rings is 1. The van der Waals surface area contributed by atoms with Crippen molar-refractivity contribution in [2.45, 2.75) is 25.4 Å². The van der Waals surface area contributed by atoms with Gasteiger partial charge in [0, 0.05) is 5.92 Å². The predicted molar refractivity (Wildman–Crippen MR) is 98.0 cm³/mol. The molecule has 1 aliphatic rings. The largest absolute Gasteiger partial charge is 0.434 e. The number of hydrogen-bond donors (Lipinski definition) is 2. The van der Waals surface area contributed by atoms with E-state index in [0.29, 0.717) is 21.2 Å². The number of rotatable bonds is 4. The van der Waals surface area contributed by atoms with E-state index >= 15 is 0 Å². The van der Waals surface area contributed by atoms with Gasteiger partial charge in [0.05, 0.1) is 29.1 Å². The van der Waals surface area contributed by atoms with Gasteiger partial charge in [0.2, 0.25) is 0 Å². The minimum Gasteiger partial charge on any atom is -0.434 e. The summed E-state index contributed by atoms with van der Waals surface area (Å²) < 4.78 is 13.2. The van der Waals surface area contributed by atoms with Crippen molar-refractivity contribution in [1.82, 2.24) is 19.5 Å². The van der Waals surface area contributed by atoms with Gasteiger partial charge in [-0.15, -0.1) is 0 Å². The lowest BCUT2D eigenvalue weighted by Crippen LogP contribution is -2.28. The number of benzene rings is 1. The van der Waals surface area contributed by atoms with E-state index in [9.17, 15) is 10.2 Å². The second-order valence-corrected chi connectivity index (χ2v) is 7.07. The molecule has 1 saturated heterocycles. The van der Waals surface area contributed by atoms with Gasteiger partial charge in [0.15, 0.2) is 16.9 Å². The Morgan fingerprint density at radius 3 is 2.63 bits per heavy atom. The number of aromatic nitrogens is 4. The van der Waals surface area contributed by atoms with Crippen molar-refractivity contribution in [2.75, 3.05) is 6.61 Å². The SMILES string of the molecule is C[C@H]1[C@H](O)[C@@H](CO)O[C@H]1n1cnc2c(Oc3c(Cl)cccc3Cl)ncnc21. The van der Waals surface area contributed by atoms with Gasteiger partial charge < -0.3 is 19.7 Å². The summed E-state index contributed by atoms with van der Waals surface area (Å²) in [5.41, 5.74) is 0.858. The van der Waals surface area contributed by atoms with Crippen LogP contribution in [0, 0.1) is 5.92 Å². The Labute approximate surface area is 164 Å². The van der Waals surface area contributed by atoms with Crippen molar-refractivity contribution in [3.05, 3.63) is 40.9 Å². The molecular formula is C17H16Cl2N4O4. The zero-order chi connectivity index (χ0) is 19.1. The van der Waals surface area contributed by atoms with Crippen molar-refractivity contribution < 1.29 is 19.7 Å². The Kier molecular flexibility index (Phi) is 4.92. The third-order valence-corrected chi connectivity index (χ3v) is 5.18. The summed E-state index contributed by atoms with van der Waals surface area (Å²) in [6.45, 7) is 1.56. The van der Waals surface area contributed by atoms with Crippen molar-refractivity contribution in [3.8, 4) is 11.6 Å². The highest BCUT2D eigenvalue weighted by Crippen LogP contribution is 2.39. The van der Waals surface area contributed by atoms with Crippen molar-refractivity contribution in [1.29, 1.82) is 0 Å². The molecule has 0 amide bonds. The molecule has 0 aliphatic carbocycles. The number of para-hydroxylation sites is 1. The van der Waals surface area contributed by atoms with Crippen LogP contribution in [0.5, 0.6) is 11.6 Å². The number of ether oxygens (including phenoxy) is 2. The summed E-state index contributed by atoms with van der Waals surface area (Å²) >= 11 is 12.3. The molecule has 2 aromatic heterocycles. The summed E-state index contributed by atoms with van der Waals surface area (Å²) in [5.74, 6) is 0.201. The molecule has 142 valence electrons. The maximum Gasteiger partial charge on any atom is 0.251 e. The lowest BCUT2D eigenvalue weighted by molar-refractivity contribution is -0.0447. The van der Waals surface area contributed by atoms with E-state index in [2.05, 4.69) is 15.0 Å². The summed E-state index contributed by atoms with van der Waals surface area (Å²) in [7, 11) is 0. The highest BCUT2D eigenvalue weighted by atomic mass is 35.5. The van der Waals surface area contributed by atoms with E-state index in [1.807, 2.05) is 6.92 Å². The first kappa shape index (κ1) is 18.4. The van der Waals surface area contributed by atoms with Crippen LogP contribution in [0.25, 0.3) is 11.2 Å². The topological polar surface area (TPSA) is 103 Å². The van der Waals surface area contributed by atoms with E-state index in [0.717, 1.165) is 0 Å². The number of aliphatic hydroxyl groups excluding tert-OH is 2. The summed E-state index contributed by atoms with van der Waals surface area (Å²) in [5, 5.41) is 20.3. The molecule has 4 rings (SSSR count). The van der Waals surface area contributed by atoms with Crippen LogP contribution in [0.1, 0.15) is 13.2 Å². The van der Waals surface area contributed by atoms with Gasteiger partial charge in [-0.2, -0.15) is 4.98 Å². The highest BCUT2D eigenvalue weighted by Gasteiger charge is 2.42. The van der Waals surface area contributed by atoms with Crippen molar-refractivity contribution >= 4 is 34.4 Å². The number of hydrogen-bond acceptors (Lipinski definition) is 7. The second-order valence-electron chi connectivity index (χ2n) is 6.25. The van der Waals surface area contributed by atoms with Gasteiger partial charge in [0.1, 0.15) is 18.7 Å². The van der Waals surface area contributed by atoms with E-state index in [1.54, 1.807) is 22.8 Å². The monoisotopic (exact) mass is 410 g/mol. The van der Waals surface area contributed by atoms with E-state index in [-0.39, 0.29) is 24.2 Å². The Bertz CT molecular complexity index is 962. The van der Waals surface area contributed by atoms with E-state index in [1.165, 1.54) is 12.7 Å². The molecule has 3 heterocycles. The van der Waals surface area contributed by atoms with Crippen molar-refractivity contribution in [2.24, 2.45) is 5.92 Å². The normalized spacial score (nSPS) is 25.2. The Morgan fingerprint density at radius 2 is 1.96 bits per heavy atom. The maximum absolute atomic E-state index is 10.2. The quantitative estimate of drug-likeness (QED) is 0.681. The number of fused-ring (bicyclic) bond motifs is 1. The fourth-order valence-electron chi connectivity index (χ4n) is 3.13. The van der Waals surface area contributed by atoms with Crippen LogP contribution in [0.2, 0.25) is 10.0 Å². The van der Waals surface area contributed by atoms with Crippen LogP contribution in [0.4, 0.5) is 0 Å². The third kappa shape index (κ3) is 3.13. The first-order valence-corrected chi connectivity index (χ1v) is 9.00. The van der Waals surface area contributed by atoms with Gasteiger partial charge in [-0.1, -0.05) is 36.2 Å². The van der Waals surface area contributed by atoms with Gasteiger partial charge in [0.25, 0.3) is 5.88 Å². The average molecular weight is 411 g/mol. The molecule has 0 unspecified atom stereocenters. The molecule has 3 aromatic rings. The minimum atomic E-state index is -0.795. The third-order valence-electron chi connectivity index (χ3n) is 4.58. The molecule has 0 saturated carbocycles. The molecule has 1 fully saturated rings. The van der Waals surface area contributed by atoms with Gasteiger partial charge >= 0.3 is 0 Å². The molecule has 1 aliphatic heterocycles. The molecule has 2 N–H and O–H groups in total. The summed E-state index contributed by atoms with van der Waals surface area (Å²) in [6.07, 6.45) is 0.876. The Morgan fingerprint density at radius 1 is 1.22 bits per heavy atom. The fraction of sp³-hybridized carbons (Fsp3) is 0.353. The molecule has 27 heavy (non-hydrogen) atoms. The molecule has 0 bridgehead atoms.